The second-order valence-corrected chi connectivity index (χ2v) is 6.26. The number of aryl methyl sites for hydroxylation is 1. The number of nitrogens with zero attached hydrogens (tertiary/aromatic N) is 3. The van der Waals surface area contributed by atoms with Crippen molar-refractivity contribution in [3.05, 3.63) is 70.1 Å². The average molecular weight is 394 g/mol. The van der Waals surface area contributed by atoms with Crippen molar-refractivity contribution in [2.45, 2.75) is 13.8 Å². The molecule has 0 unspecified atom stereocenters. The van der Waals surface area contributed by atoms with Gasteiger partial charge in [0.25, 0.3) is 5.56 Å². The molecule has 2 N–H and O–H groups in total. The first kappa shape index (κ1) is 19.9. The monoisotopic (exact) mass is 394 g/mol. The maximum atomic E-state index is 12.9. The average Bonchev–Trinajstić information content (AvgIpc) is 3.01. The third-order valence-corrected chi connectivity index (χ3v) is 4.50. The predicted molar refractivity (Wildman–Crippen MR) is 112 cm³/mol. The van der Waals surface area contributed by atoms with Gasteiger partial charge < -0.3 is 9.84 Å². The Kier molecular flexibility index (Phi) is 5.82. The van der Waals surface area contributed by atoms with Gasteiger partial charge in [0, 0.05) is 24.1 Å². The van der Waals surface area contributed by atoms with E-state index < -0.39 is 6.09 Å². The molecule has 0 aliphatic rings. The van der Waals surface area contributed by atoms with Crippen molar-refractivity contribution in [1.29, 1.82) is 0 Å². The summed E-state index contributed by atoms with van der Waals surface area (Å²) in [4.78, 5) is 29.7. The zero-order chi connectivity index (χ0) is 21.0. The Labute approximate surface area is 167 Å². The smallest absolute Gasteiger partial charge is 0.411 e. The van der Waals surface area contributed by atoms with Gasteiger partial charge in [-0.2, -0.15) is 0 Å². The molecule has 1 heterocycles. The summed E-state index contributed by atoms with van der Waals surface area (Å²) in [6.07, 6.45) is 0.489. The molecule has 1 amide bonds. The summed E-state index contributed by atoms with van der Waals surface area (Å²) in [6.45, 7) is 3.88. The molecule has 29 heavy (non-hydrogen) atoms. The molecule has 0 fully saturated rings. The van der Waals surface area contributed by atoms with Crippen LogP contribution in [0.4, 0.5) is 16.2 Å². The van der Waals surface area contributed by atoms with Crippen molar-refractivity contribution in [3.63, 3.8) is 0 Å². The summed E-state index contributed by atoms with van der Waals surface area (Å²) in [5, 5.41) is 12.3. The molecule has 0 saturated carbocycles. The van der Waals surface area contributed by atoms with Crippen LogP contribution in [-0.4, -0.2) is 40.8 Å². The number of nitrogens with one attached hydrogen (secondary N) is 1. The van der Waals surface area contributed by atoms with Crippen molar-refractivity contribution in [3.8, 4) is 11.4 Å². The first-order valence-corrected chi connectivity index (χ1v) is 9.05. The SMILES string of the molecule is CCN(C(=O)O)c1ccc(-n2[nH]c(C)c(C=Nc3ccccc3OC)c2=O)cc1. The number of carboxylic acid groups (broad SMARTS) is 1. The Bertz CT molecular complexity index is 1100. The molecule has 1 aromatic heterocycles. The second kappa shape index (κ2) is 8.47. The van der Waals surface area contributed by atoms with E-state index in [9.17, 15) is 14.7 Å². The van der Waals surface area contributed by atoms with Crippen molar-refractivity contribution in [2.75, 3.05) is 18.6 Å². The number of aromatic nitrogens is 2. The largest absolute Gasteiger partial charge is 0.494 e. The van der Waals surface area contributed by atoms with E-state index in [-0.39, 0.29) is 5.56 Å². The van der Waals surface area contributed by atoms with Gasteiger partial charge in [0.2, 0.25) is 0 Å². The maximum absolute atomic E-state index is 12.9. The number of anilines is 1. The van der Waals surface area contributed by atoms with Gasteiger partial charge in [0.15, 0.2) is 0 Å². The molecule has 150 valence electrons. The maximum Gasteiger partial charge on any atom is 0.411 e. The lowest BCUT2D eigenvalue weighted by Crippen LogP contribution is -2.28. The molecule has 0 aliphatic heterocycles. The fourth-order valence-corrected chi connectivity index (χ4v) is 2.97. The lowest BCUT2D eigenvalue weighted by atomic mass is 10.2. The van der Waals surface area contributed by atoms with Crippen LogP contribution in [0.2, 0.25) is 0 Å². The highest BCUT2D eigenvalue weighted by Crippen LogP contribution is 2.26. The standard InChI is InChI=1S/C21H22N4O4/c1-4-24(21(27)28)15-9-11-16(12-10-15)25-20(26)17(14(2)23-25)13-22-18-7-5-6-8-19(18)29-3/h5-13,23H,4H2,1-3H3,(H,27,28). The molecule has 0 radical (unpaired) electrons. The van der Waals surface area contributed by atoms with Gasteiger partial charge in [-0.1, -0.05) is 12.1 Å². The van der Waals surface area contributed by atoms with Crippen LogP contribution in [0.1, 0.15) is 18.2 Å². The molecule has 3 aromatic rings. The number of para-hydroxylation sites is 2. The van der Waals surface area contributed by atoms with Crippen LogP contribution < -0.4 is 15.2 Å². The zero-order valence-corrected chi connectivity index (χ0v) is 16.4. The summed E-state index contributed by atoms with van der Waals surface area (Å²) in [5.41, 5.74) is 2.61. The Morgan fingerprint density at radius 2 is 1.93 bits per heavy atom. The minimum atomic E-state index is -1.03. The number of methoxy groups -OCH3 is 1. The van der Waals surface area contributed by atoms with Crippen LogP contribution in [0.15, 0.2) is 58.3 Å². The summed E-state index contributed by atoms with van der Waals surface area (Å²) < 4.78 is 6.68. The third-order valence-electron chi connectivity index (χ3n) is 4.50. The Morgan fingerprint density at radius 1 is 1.24 bits per heavy atom. The summed E-state index contributed by atoms with van der Waals surface area (Å²) in [5.74, 6) is 0.617. The molecule has 0 saturated heterocycles. The van der Waals surface area contributed by atoms with E-state index in [0.29, 0.717) is 40.6 Å². The molecular weight excluding hydrogens is 372 g/mol. The Balaban J connectivity index is 1.93. The third kappa shape index (κ3) is 4.06. The number of benzene rings is 2. The number of H-pyrrole nitrogens is 1. The van der Waals surface area contributed by atoms with E-state index in [1.165, 1.54) is 15.8 Å². The number of aromatic amines is 1. The van der Waals surface area contributed by atoms with E-state index in [1.807, 2.05) is 12.1 Å². The summed E-state index contributed by atoms with van der Waals surface area (Å²) in [6, 6.07) is 14.0. The molecule has 0 spiro atoms. The highest BCUT2D eigenvalue weighted by atomic mass is 16.5. The van der Waals surface area contributed by atoms with Gasteiger partial charge in [0.05, 0.1) is 18.4 Å². The molecular formula is C21H22N4O4. The number of ether oxygens (including phenoxy) is 1. The first-order chi connectivity index (χ1) is 14.0. The summed E-state index contributed by atoms with van der Waals surface area (Å²) >= 11 is 0. The number of carbonyl (C=O) groups is 1. The van der Waals surface area contributed by atoms with Gasteiger partial charge in [-0.3, -0.25) is 19.8 Å². The van der Waals surface area contributed by atoms with Crippen LogP contribution >= 0.6 is 0 Å². The van der Waals surface area contributed by atoms with Gasteiger partial charge >= 0.3 is 6.09 Å². The van der Waals surface area contributed by atoms with Crippen molar-refractivity contribution >= 4 is 23.7 Å². The van der Waals surface area contributed by atoms with Crippen LogP contribution in [0.25, 0.3) is 5.69 Å². The predicted octanol–water partition coefficient (Wildman–Crippen LogP) is 3.74. The van der Waals surface area contributed by atoms with Gasteiger partial charge in [-0.15, -0.1) is 0 Å². The molecule has 3 rings (SSSR count). The molecule has 0 bridgehead atoms. The van der Waals surface area contributed by atoms with E-state index in [0.717, 1.165) is 0 Å². The number of amides is 1. The van der Waals surface area contributed by atoms with Gasteiger partial charge in [0.1, 0.15) is 11.4 Å². The first-order valence-electron chi connectivity index (χ1n) is 9.05. The van der Waals surface area contributed by atoms with Crippen LogP contribution in [-0.2, 0) is 0 Å². The highest BCUT2D eigenvalue weighted by Gasteiger charge is 2.14. The zero-order valence-electron chi connectivity index (χ0n) is 16.4. The minimum Gasteiger partial charge on any atom is -0.494 e. The van der Waals surface area contributed by atoms with E-state index in [1.54, 1.807) is 57.4 Å². The molecule has 2 aromatic carbocycles. The van der Waals surface area contributed by atoms with Crippen LogP contribution in [0.3, 0.4) is 0 Å². The molecule has 0 aliphatic carbocycles. The van der Waals surface area contributed by atoms with Crippen LogP contribution in [0.5, 0.6) is 5.75 Å². The molecule has 8 heteroatoms. The van der Waals surface area contributed by atoms with Crippen molar-refractivity contribution < 1.29 is 14.6 Å². The van der Waals surface area contributed by atoms with Crippen molar-refractivity contribution in [2.24, 2.45) is 4.99 Å². The lowest BCUT2D eigenvalue weighted by Gasteiger charge is -2.17. The molecule has 8 nitrogen and oxygen atoms in total. The second-order valence-electron chi connectivity index (χ2n) is 6.26. The van der Waals surface area contributed by atoms with E-state index in [2.05, 4.69) is 10.1 Å². The highest BCUT2D eigenvalue weighted by molar-refractivity contribution is 5.86. The van der Waals surface area contributed by atoms with Crippen LogP contribution in [0, 0.1) is 6.92 Å². The topological polar surface area (TPSA) is 99.9 Å². The minimum absolute atomic E-state index is 0.250. The fraction of sp³-hybridized carbons (Fsp3) is 0.190. The summed E-state index contributed by atoms with van der Waals surface area (Å²) in [7, 11) is 1.57. The van der Waals surface area contributed by atoms with E-state index in [4.69, 9.17) is 4.74 Å². The lowest BCUT2D eigenvalue weighted by molar-refractivity contribution is 0.202. The van der Waals surface area contributed by atoms with Gasteiger partial charge in [-0.25, -0.2) is 9.48 Å². The number of rotatable bonds is 6. The van der Waals surface area contributed by atoms with Crippen molar-refractivity contribution in [1.82, 2.24) is 9.78 Å². The normalized spacial score (nSPS) is 11.0. The number of hydrogen-bond donors (Lipinski definition) is 2. The van der Waals surface area contributed by atoms with E-state index >= 15 is 0 Å². The quantitative estimate of drug-likeness (QED) is 0.622. The number of aliphatic imine (C=N–C) groups is 1. The van der Waals surface area contributed by atoms with Gasteiger partial charge in [-0.05, 0) is 50.2 Å². The Hall–Kier alpha value is -3.81. The number of hydrogen-bond acceptors (Lipinski definition) is 4. The Morgan fingerprint density at radius 3 is 2.55 bits per heavy atom. The molecule has 0 atom stereocenters. The fourth-order valence-electron chi connectivity index (χ4n) is 2.97.